The smallest absolute Gasteiger partial charge is 0.224 e. The van der Waals surface area contributed by atoms with Gasteiger partial charge in [-0.25, -0.2) is 8.42 Å². The summed E-state index contributed by atoms with van der Waals surface area (Å²) < 4.78 is 249. The molecule has 2 nitrogen and oxygen atoms in total. The van der Waals surface area contributed by atoms with Gasteiger partial charge < -0.3 is 0 Å². The number of alkyl halides is 17. The predicted octanol–water partition coefficient (Wildman–Crippen LogP) is 7.42. The molecule has 0 radical (unpaired) electrons. The van der Waals surface area contributed by atoms with Gasteiger partial charge in [-0.2, -0.15) is 74.6 Å². The molecule has 0 bridgehead atoms. The SMILES string of the molecule is CCc1ccc(S(=O)(=O)CCC(F)(F)C(F)(F)C(F)(F)C(F)(F)C(F)(F)C(F)(F)C(F)(F)C(F)(F)F)cc1. The first-order valence-corrected chi connectivity index (χ1v) is 11.2. The van der Waals surface area contributed by atoms with Crippen LogP contribution in [-0.4, -0.2) is 61.8 Å². The minimum Gasteiger partial charge on any atom is -0.224 e. The second-order valence-corrected chi connectivity index (χ2v) is 9.82. The van der Waals surface area contributed by atoms with Crippen molar-refractivity contribution in [2.75, 3.05) is 5.75 Å². The lowest BCUT2D eigenvalue weighted by atomic mass is 9.88. The van der Waals surface area contributed by atoms with E-state index in [0.29, 0.717) is 12.0 Å². The zero-order chi connectivity index (χ0) is 30.6. The van der Waals surface area contributed by atoms with E-state index >= 15 is 0 Å². The van der Waals surface area contributed by atoms with E-state index in [0.717, 1.165) is 24.3 Å². The molecule has 0 aliphatic heterocycles. The number of sulfone groups is 1. The molecule has 0 aliphatic carbocycles. The fourth-order valence-electron chi connectivity index (χ4n) is 2.67. The maximum absolute atomic E-state index is 13.9. The molecule has 1 aromatic carbocycles. The minimum absolute atomic E-state index is 0.312. The topological polar surface area (TPSA) is 34.1 Å². The summed E-state index contributed by atoms with van der Waals surface area (Å²) >= 11 is 0. The van der Waals surface area contributed by atoms with Crippen LogP contribution in [0.1, 0.15) is 18.9 Å². The zero-order valence-corrected chi connectivity index (χ0v) is 18.9. The highest BCUT2D eigenvalue weighted by Gasteiger charge is 2.95. The molecule has 1 rings (SSSR count). The Balaban J connectivity index is 3.46. The molecular weight excluding hydrogens is 603 g/mol. The maximum Gasteiger partial charge on any atom is 0.460 e. The van der Waals surface area contributed by atoms with Crippen molar-refractivity contribution in [3.63, 3.8) is 0 Å². The highest BCUT2D eigenvalue weighted by Crippen LogP contribution is 2.64. The molecule has 0 unspecified atom stereocenters. The number of hydrogen-bond acceptors (Lipinski definition) is 2. The fraction of sp³-hybridized carbons (Fsp3) is 0.667. The Hall–Kier alpha value is -2.02. The van der Waals surface area contributed by atoms with Crippen LogP contribution in [0.25, 0.3) is 0 Å². The van der Waals surface area contributed by atoms with Gasteiger partial charge in [0.25, 0.3) is 0 Å². The fourth-order valence-corrected chi connectivity index (χ4v) is 3.98. The van der Waals surface area contributed by atoms with Crippen LogP contribution >= 0.6 is 0 Å². The first kappa shape index (κ1) is 34.0. The van der Waals surface area contributed by atoms with Crippen molar-refractivity contribution in [3.05, 3.63) is 29.8 Å². The average Bonchev–Trinajstić information content (AvgIpc) is 2.76. The van der Waals surface area contributed by atoms with E-state index < -0.39 is 74.5 Å². The summed E-state index contributed by atoms with van der Waals surface area (Å²) in [5.41, 5.74) is 0.455. The Bertz CT molecular complexity index is 1090. The second kappa shape index (κ2) is 9.57. The number of halogens is 17. The van der Waals surface area contributed by atoms with Crippen LogP contribution in [0.4, 0.5) is 74.6 Å². The molecule has 0 heterocycles. The summed E-state index contributed by atoms with van der Waals surface area (Å²) in [7, 11) is -5.09. The van der Waals surface area contributed by atoms with E-state index in [4.69, 9.17) is 0 Å². The van der Waals surface area contributed by atoms with E-state index in [-0.39, 0.29) is 0 Å². The number of hydrogen-bond donors (Lipinski definition) is 0. The number of rotatable bonds is 11. The molecule has 0 atom stereocenters. The van der Waals surface area contributed by atoms with E-state index in [1.807, 2.05) is 0 Å². The van der Waals surface area contributed by atoms with Crippen LogP contribution in [0.3, 0.4) is 0 Å². The summed E-state index contributed by atoms with van der Waals surface area (Å²) in [6.07, 6.45) is -10.6. The van der Waals surface area contributed by atoms with E-state index in [1.165, 1.54) is 0 Å². The monoisotopic (exact) mass is 616 g/mol. The van der Waals surface area contributed by atoms with Crippen LogP contribution in [0, 0.1) is 0 Å². The molecule has 222 valence electrons. The molecule has 0 amide bonds. The lowest BCUT2D eigenvalue weighted by Gasteiger charge is -2.42. The van der Waals surface area contributed by atoms with Gasteiger partial charge in [0.05, 0.1) is 10.6 Å². The molecule has 0 aromatic heterocycles. The summed E-state index contributed by atoms with van der Waals surface area (Å²) in [6, 6.07) is 3.65. The largest absolute Gasteiger partial charge is 0.460 e. The van der Waals surface area contributed by atoms with E-state index in [9.17, 15) is 83.1 Å². The molecule has 0 fully saturated rings. The van der Waals surface area contributed by atoms with Crippen LogP contribution in [0.5, 0.6) is 0 Å². The third kappa shape index (κ3) is 5.00. The first-order chi connectivity index (χ1) is 16.5. The van der Waals surface area contributed by atoms with Gasteiger partial charge in [0.2, 0.25) is 0 Å². The average molecular weight is 616 g/mol. The highest BCUT2D eigenvalue weighted by molar-refractivity contribution is 7.91. The van der Waals surface area contributed by atoms with Gasteiger partial charge in [-0.15, -0.1) is 0 Å². The van der Waals surface area contributed by atoms with E-state index in [2.05, 4.69) is 0 Å². The maximum atomic E-state index is 13.9. The highest BCUT2D eigenvalue weighted by atomic mass is 32.2. The van der Waals surface area contributed by atoms with Gasteiger partial charge in [0.15, 0.2) is 9.84 Å². The third-order valence-corrected chi connectivity index (χ3v) is 6.89. The van der Waals surface area contributed by atoms with Gasteiger partial charge in [-0.05, 0) is 24.1 Å². The molecule has 0 saturated heterocycles. The number of benzene rings is 1. The Labute approximate surface area is 201 Å². The molecule has 0 N–H and O–H groups in total. The quantitative estimate of drug-likeness (QED) is 0.243. The van der Waals surface area contributed by atoms with Crippen molar-refractivity contribution >= 4 is 9.84 Å². The summed E-state index contributed by atoms with van der Waals surface area (Å²) in [6.45, 7) is 1.58. The Morgan fingerprint density at radius 3 is 1.24 bits per heavy atom. The molecule has 38 heavy (non-hydrogen) atoms. The van der Waals surface area contributed by atoms with Crippen LogP contribution in [-0.2, 0) is 16.3 Å². The molecule has 0 aliphatic rings. The molecule has 0 saturated carbocycles. The minimum atomic E-state index is -8.73. The van der Waals surface area contributed by atoms with Crippen molar-refractivity contribution in [1.82, 2.24) is 0 Å². The normalized spacial score (nSPS) is 15.6. The van der Waals surface area contributed by atoms with Crippen molar-refractivity contribution < 1.29 is 83.1 Å². The Morgan fingerprint density at radius 1 is 0.553 bits per heavy atom. The van der Waals surface area contributed by atoms with Gasteiger partial charge in [-0.3, -0.25) is 0 Å². The van der Waals surface area contributed by atoms with Gasteiger partial charge in [0, 0.05) is 6.42 Å². The Kier molecular flexibility index (Phi) is 8.56. The first-order valence-electron chi connectivity index (χ1n) is 9.52. The zero-order valence-electron chi connectivity index (χ0n) is 18.1. The third-order valence-electron chi connectivity index (χ3n) is 5.16. The molecular formula is C18H13F17O2S. The van der Waals surface area contributed by atoms with Crippen LogP contribution < -0.4 is 0 Å². The van der Waals surface area contributed by atoms with Crippen molar-refractivity contribution in [1.29, 1.82) is 0 Å². The molecule has 1 aromatic rings. The van der Waals surface area contributed by atoms with Crippen LogP contribution in [0.2, 0.25) is 0 Å². The molecule has 20 heteroatoms. The standard InChI is InChI=1S/C18H13F17O2S/c1-2-9-3-5-10(6-4-9)38(36,37)8-7-11(19,20)12(21,22)13(23,24)14(25,26)15(27,28)16(29,30)17(31,32)18(33,34)35/h3-6H,2,7-8H2,1H3. The van der Waals surface area contributed by atoms with Crippen molar-refractivity contribution in [2.45, 2.75) is 72.3 Å². The molecule has 0 spiro atoms. The van der Waals surface area contributed by atoms with Gasteiger partial charge >= 0.3 is 47.6 Å². The predicted molar refractivity (Wildman–Crippen MR) is 93.2 cm³/mol. The second-order valence-electron chi connectivity index (χ2n) is 7.71. The van der Waals surface area contributed by atoms with Crippen molar-refractivity contribution in [2.24, 2.45) is 0 Å². The summed E-state index contributed by atoms with van der Waals surface area (Å²) in [5, 5.41) is 0. The van der Waals surface area contributed by atoms with Crippen LogP contribution in [0.15, 0.2) is 29.2 Å². The lowest BCUT2D eigenvalue weighted by Crippen LogP contribution is -2.74. The Morgan fingerprint density at radius 2 is 0.895 bits per heavy atom. The van der Waals surface area contributed by atoms with Crippen molar-refractivity contribution in [3.8, 4) is 0 Å². The lowest BCUT2D eigenvalue weighted by molar-refractivity contribution is -0.461. The van der Waals surface area contributed by atoms with E-state index in [1.54, 1.807) is 6.92 Å². The van der Waals surface area contributed by atoms with Gasteiger partial charge in [0.1, 0.15) is 0 Å². The summed E-state index contributed by atoms with van der Waals surface area (Å²) in [5.74, 6) is -59.6. The van der Waals surface area contributed by atoms with Gasteiger partial charge in [-0.1, -0.05) is 19.1 Å². The number of aryl methyl sites for hydroxylation is 1. The summed E-state index contributed by atoms with van der Waals surface area (Å²) in [4.78, 5) is -0.883.